The Morgan fingerprint density at radius 3 is 2.38 bits per heavy atom. The van der Waals surface area contributed by atoms with Crippen LogP contribution in [-0.2, 0) is 16.2 Å². The molecule has 0 aromatic heterocycles. The molecule has 1 aliphatic rings. The number of anilines is 1. The van der Waals surface area contributed by atoms with Gasteiger partial charge in [0.05, 0.1) is 12.8 Å². The van der Waals surface area contributed by atoms with Crippen molar-refractivity contribution in [1.82, 2.24) is 5.32 Å². The molecule has 1 N–H and O–H groups in total. The van der Waals surface area contributed by atoms with Crippen LogP contribution in [0, 0.1) is 0 Å². The van der Waals surface area contributed by atoms with Gasteiger partial charge in [0.15, 0.2) is 0 Å². The lowest BCUT2D eigenvalue weighted by Gasteiger charge is -2.26. The topological polar surface area (TPSA) is 84.9 Å². The van der Waals surface area contributed by atoms with Gasteiger partial charge in [-0.25, -0.2) is 9.69 Å². The molecule has 0 saturated carbocycles. The van der Waals surface area contributed by atoms with Crippen molar-refractivity contribution in [1.29, 1.82) is 0 Å². The third-order valence-electron chi connectivity index (χ3n) is 5.99. The smallest absolute Gasteiger partial charge is 0.335 e. The maximum atomic E-state index is 13.5. The number of rotatable bonds is 6. The van der Waals surface area contributed by atoms with Crippen LogP contribution >= 0.6 is 11.6 Å². The molecule has 1 fully saturated rings. The molecule has 4 aromatic carbocycles. The van der Waals surface area contributed by atoms with Crippen LogP contribution in [0.4, 0.5) is 10.5 Å². The maximum Gasteiger partial charge on any atom is 0.335 e. The molecule has 0 radical (unpaired) electrons. The summed E-state index contributed by atoms with van der Waals surface area (Å²) in [5, 5.41) is 4.50. The highest BCUT2D eigenvalue weighted by molar-refractivity contribution is 6.39. The van der Waals surface area contributed by atoms with Crippen LogP contribution in [0.2, 0.25) is 5.02 Å². The normalized spacial score (nSPS) is 14.7. The predicted molar refractivity (Wildman–Crippen MR) is 142 cm³/mol. The monoisotopic (exact) mass is 512 g/mol. The second-order valence-electron chi connectivity index (χ2n) is 8.23. The van der Waals surface area contributed by atoms with Crippen molar-refractivity contribution in [2.75, 3.05) is 12.0 Å². The number of nitrogens with zero attached hydrogens (tertiary/aromatic N) is 1. The second kappa shape index (κ2) is 10.2. The van der Waals surface area contributed by atoms with Crippen LogP contribution in [0.15, 0.2) is 90.5 Å². The van der Waals surface area contributed by atoms with E-state index in [2.05, 4.69) is 5.32 Å². The van der Waals surface area contributed by atoms with Crippen molar-refractivity contribution < 1.29 is 23.9 Å². The minimum atomic E-state index is -0.828. The van der Waals surface area contributed by atoms with Gasteiger partial charge in [-0.2, -0.15) is 0 Å². The summed E-state index contributed by atoms with van der Waals surface area (Å²) in [7, 11) is 1.52. The summed E-state index contributed by atoms with van der Waals surface area (Å²) in [6.07, 6.45) is 1.46. The van der Waals surface area contributed by atoms with E-state index in [1.165, 1.54) is 13.2 Å². The number of benzene rings is 4. The van der Waals surface area contributed by atoms with E-state index in [1.54, 1.807) is 36.4 Å². The molecule has 0 aliphatic carbocycles. The summed E-state index contributed by atoms with van der Waals surface area (Å²) in [5.41, 5.74) is 1.43. The number of fused-ring (bicyclic) bond motifs is 1. The van der Waals surface area contributed by atoms with Crippen molar-refractivity contribution >= 4 is 52.0 Å². The largest absolute Gasteiger partial charge is 0.497 e. The lowest BCUT2D eigenvalue weighted by atomic mass is 9.99. The Balaban J connectivity index is 1.57. The first-order valence-corrected chi connectivity index (χ1v) is 11.8. The molecule has 4 amide bonds. The molecule has 1 aliphatic heterocycles. The first kappa shape index (κ1) is 24.1. The third kappa shape index (κ3) is 4.77. The van der Waals surface area contributed by atoms with Crippen molar-refractivity contribution in [3.05, 3.63) is 107 Å². The summed E-state index contributed by atoms with van der Waals surface area (Å²) in [6, 6.07) is 24.1. The number of halogens is 1. The van der Waals surface area contributed by atoms with Gasteiger partial charge in [-0.15, -0.1) is 0 Å². The number of imide groups is 2. The van der Waals surface area contributed by atoms with Gasteiger partial charge in [-0.3, -0.25) is 14.9 Å². The summed E-state index contributed by atoms with van der Waals surface area (Å²) in [5.74, 6) is -0.509. The first-order valence-electron chi connectivity index (χ1n) is 11.4. The van der Waals surface area contributed by atoms with Crippen molar-refractivity contribution in [3.63, 3.8) is 0 Å². The minimum absolute atomic E-state index is 0.185. The van der Waals surface area contributed by atoms with Crippen molar-refractivity contribution in [3.8, 4) is 11.5 Å². The van der Waals surface area contributed by atoms with E-state index < -0.39 is 17.8 Å². The van der Waals surface area contributed by atoms with Gasteiger partial charge < -0.3 is 9.47 Å². The van der Waals surface area contributed by atoms with E-state index in [4.69, 9.17) is 21.1 Å². The lowest BCUT2D eigenvalue weighted by molar-refractivity contribution is -0.122. The van der Waals surface area contributed by atoms with Crippen molar-refractivity contribution in [2.24, 2.45) is 0 Å². The molecule has 7 nitrogen and oxygen atoms in total. The molecular formula is C29H21ClN2O5. The van der Waals surface area contributed by atoms with Crippen LogP contribution in [0.5, 0.6) is 11.5 Å². The number of barbiturate groups is 1. The summed E-state index contributed by atoms with van der Waals surface area (Å²) in [4.78, 5) is 39.8. The Morgan fingerprint density at radius 2 is 1.62 bits per heavy atom. The molecule has 8 heteroatoms. The van der Waals surface area contributed by atoms with Gasteiger partial charge in [0.1, 0.15) is 23.7 Å². The second-order valence-corrected chi connectivity index (χ2v) is 8.64. The fraction of sp³-hybridized carbons (Fsp3) is 0.0690. The van der Waals surface area contributed by atoms with Gasteiger partial charge in [0.2, 0.25) is 0 Å². The fourth-order valence-corrected chi connectivity index (χ4v) is 4.28. The molecule has 0 bridgehead atoms. The Labute approximate surface area is 217 Å². The van der Waals surface area contributed by atoms with Crippen LogP contribution in [0.25, 0.3) is 16.8 Å². The van der Waals surface area contributed by atoms with Gasteiger partial charge in [-0.05, 0) is 53.2 Å². The number of nitrogens with one attached hydrogen (secondary N) is 1. The quantitative estimate of drug-likeness (QED) is 0.263. The molecule has 5 rings (SSSR count). The molecular weight excluding hydrogens is 492 g/mol. The summed E-state index contributed by atoms with van der Waals surface area (Å²) < 4.78 is 11.3. The number of urea groups is 1. The number of amides is 4. The van der Waals surface area contributed by atoms with Crippen molar-refractivity contribution in [2.45, 2.75) is 6.61 Å². The number of carbonyl (C=O) groups excluding carboxylic acids is 3. The molecule has 184 valence electrons. The molecule has 0 atom stereocenters. The summed E-state index contributed by atoms with van der Waals surface area (Å²) in [6.45, 7) is 0.185. The zero-order valence-corrected chi connectivity index (χ0v) is 20.5. The third-order valence-corrected chi connectivity index (χ3v) is 6.36. The van der Waals surface area contributed by atoms with Gasteiger partial charge in [0.25, 0.3) is 11.8 Å². The maximum absolute atomic E-state index is 13.5. The van der Waals surface area contributed by atoms with Crippen LogP contribution in [-0.4, -0.2) is 25.0 Å². The molecule has 37 heavy (non-hydrogen) atoms. The number of carbonyl (C=O) groups is 3. The number of ether oxygens (including phenoxy) is 2. The van der Waals surface area contributed by atoms with E-state index >= 15 is 0 Å². The first-order chi connectivity index (χ1) is 18.0. The molecule has 0 spiro atoms. The number of hydrogen-bond donors (Lipinski definition) is 1. The lowest BCUT2D eigenvalue weighted by Crippen LogP contribution is -2.54. The number of hydrogen-bond acceptors (Lipinski definition) is 5. The Morgan fingerprint density at radius 1 is 0.892 bits per heavy atom. The molecule has 1 saturated heterocycles. The molecule has 1 heterocycles. The zero-order valence-electron chi connectivity index (χ0n) is 19.7. The zero-order chi connectivity index (χ0) is 25.9. The molecule has 0 unspecified atom stereocenters. The van der Waals surface area contributed by atoms with E-state index in [1.807, 2.05) is 48.5 Å². The van der Waals surface area contributed by atoms with Gasteiger partial charge in [0, 0.05) is 16.1 Å². The highest BCUT2D eigenvalue weighted by Crippen LogP contribution is 2.33. The average molecular weight is 513 g/mol. The van der Waals surface area contributed by atoms with E-state index in [0.29, 0.717) is 27.8 Å². The average Bonchev–Trinajstić information content (AvgIpc) is 2.91. The number of methoxy groups -OCH3 is 1. The van der Waals surface area contributed by atoms with Crippen LogP contribution in [0.3, 0.4) is 0 Å². The Hall–Kier alpha value is -4.62. The fourth-order valence-electron chi connectivity index (χ4n) is 4.09. The highest BCUT2D eigenvalue weighted by Gasteiger charge is 2.37. The van der Waals surface area contributed by atoms with Gasteiger partial charge >= 0.3 is 6.03 Å². The van der Waals surface area contributed by atoms with E-state index in [-0.39, 0.29) is 12.2 Å². The minimum Gasteiger partial charge on any atom is -0.497 e. The highest BCUT2D eigenvalue weighted by atomic mass is 35.5. The summed E-state index contributed by atoms with van der Waals surface area (Å²) >= 11 is 6.29. The molecule has 4 aromatic rings. The van der Waals surface area contributed by atoms with E-state index in [0.717, 1.165) is 21.2 Å². The van der Waals surface area contributed by atoms with E-state index in [9.17, 15) is 14.4 Å². The standard InChI is InChI=1S/C29H21ClN2O5/c1-36-21-13-11-20(12-14-21)32-28(34)24(27(33)31-29(32)35)16-23-22-8-4-2-6-18(22)10-15-26(23)37-17-19-7-3-5-9-25(19)30/h2-16H,17H2,1H3,(H,31,33,35)/b24-16+. The van der Waals surface area contributed by atoms with Crippen LogP contribution < -0.4 is 19.7 Å². The SMILES string of the molecule is COc1ccc(N2C(=O)NC(=O)/C(=C\c3c(OCc4ccccc4Cl)ccc4ccccc34)C2=O)cc1. The predicted octanol–water partition coefficient (Wildman–Crippen LogP) is 5.75. The van der Waals surface area contributed by atoms with Gasteiger partial charge in [-0.1, -0.05) is 60.1 Å². The van der Waals surface area contributed by atoms with Crippen LogP contribution in [0.1, 0.15) is 11.1 Å². The Bertz CT molecular complexity index is 1560. The Kier molecular flexibility index (Phi) is 6.62.